The number of nitrogens with two attached hydrogens (primary N) is 1. The van der Waals surface area contributed by atoms with Crippen molar-refractivity contribution < 1.29 is 8.42 Å². The van der Waals surface area contributed by atoms with Crippen LogP contribution >= 0.6 is 11.6 Å². The summed E-state index contributed by atoms with van der Waals surface area (Å²) in [5, 5.41) is 0. The van der Waals surface area contributed by atoms with E-state index in [9.17, 15) is 8.42 Å². The minimum atomic E-state index is -3.24. The van der Waals surface area contributed by atoms with E-state index in [2.05, 4.69) is 0 Å². The molecule has 0 saturated carbocycles. The van der Waals surface area contributed by atoms with Crippen molar-refractivity contribution in [1.29, 1.82) is 0 Å². The van der Waals surface area contributed by atoms with Crippen LogP contribution in [0.1, 0.15) is 12.0 Å². The lowest BCUT2D eigenvalue weighted by Gasteiger charge is -2.06. The fraction of sp³-hybridized carbons (Fsp3) is 0.400. The number of anilines is 1. The lowest BCUT2D eigenvalue weighted by molar-refractivity contribution is 0.602. The summed E-state index contributed by atoms with van der Waals surface area (Å²) in [5.41, 5.74) is 6.85. The molecule has 0 bridgehead atoms. The Hall–Kier alpha value is -0.740. The summed E-state index contributed by atoms with van der Waals surface area (Å²) in [4.78, 5) is 0.203. The Morgan fingerprint density at radius 2 is 2.07 bits per heavy atom. The number of halogens is 1. The lowest BCUT2D eigenvalue weighted by atomic mass is 10.1. The molecule has 0 aliphatic heterocycles. The number of hydrogen-bond donors (Lipinski definition) is 1. The Bertz CT molecular complexity index is 443. The third-order valence-corrected chi connectivity index (χ3v) is 3.50. The Morgan fingerprint density at radius 3 is 2.60 bits per heavy atom. The van der Waals surface area contributed by atoms with Crippen molar-refractivity contribution in [1.82, 2.24) is 0 Å². The van der Waals surface area contributed by atoms with E-state index in [0.717, 1.165) is 24.7 Å². The van der Waals surface area contributed by atoms with Gasteiger partial charge in [-0.05, 0) is 30.5 Å². The van der Waals surface area contributed by atoms with E-state index in [-0.39, 0.29) is 4.90 Å². The van der Waals surface area contributed by atoms with E-state index in [4.69, 9.17) is 17.3 Å². The van der Waals surface area contributed by atoms with Gasteiger partial charge in [0.1, 0.15) is 0 Å². The van der Waals surface area contributed by atoms with Gasteiger partial charge in [-0.2, -0.15) is 0 Å². The van der Waals surface area contributed by atoms with E-state index in [1.807, 2.05) is 6.07 Å². The zero-order valence-electron chi connectivity index (χ0n) is 8.53. The molecule has 0 heterocycles. The van der Waals surface area contributed by atoms with Gasteiger partial charge in [-0.3, -0.25) is 0 Å². The second-order valence-corrected chi connectivity index (χ2v) is 5.80. The van der Waals surface area contributed by atoms with Gasteiger partial charge in [0.15, 0.2) is 9.84 Å². The van der Waals surface area contributed by atoms with E-state index in [1.54, 1.807) is 12.1 Å². The summed E-state index contributed by atoms with van der Waals surface area (Å²) in [6, 6.07) is 5.08. The van der Waals surface area contributed by atoms with Gasteiger partial charge in [0.25, 0.3) is 0 Å². The average molecular weight is 248 g/mol. The van der Waals surface area contributed by atoms with Crippen LogP contribution in [-0.2, 0) is 16.3 Å². The quantitative estimate of drug-likeness (QED) is 0.653. The van der Waals surface area contributed by atoms with Crippen molar-refractivity contribution in [3.8, 4) is 0 Å². The molecule has 0 amide bonds. The van der Waals surface area contributed by atoms with Crippen LogP contribution in [-0.4, -0.2) is 20.6 Å². The van der Waals surface area contributed by atoms with Crippen LogP contribution in [0.2, 0.25) is 0 Å². The molecule has 0 aromatic heterocycles. The molecule has 0 fully saturated rings. The number of hydrogen-bond acceptors (Lipinski definition) is 3. The standard InChI is InChI=1S/C10H14ClNO2S/c1-15(13,14)10-7-8(3-2-6-11)4-5-9(10)12/h4-5,7H,2-3,6,12H2,1H3. The second-order valence-electron chi connectivity index (χ2n) is 3.44. The van der Waals surface area contributed by atoms with Gasteiger partial charge in [-0.25, -0.2) is 8.42 Å². The molecule has 0 unspecified atom stereocenters. The Kier molecular flexibility index (Phi) is 3.99. The molecule has 1 rings (SSSR count). The van der Waals surface area contributed by atoms with Crippen molar-refractivity contribution >= 4 is 27.1 Å². The van der Waals surface area contributed by atoms with Crippen LogP contribution in [0.4, 0.5) is 5.69 Å². The molecule has 3 nitrogen and oxygen atoms in total. The number of benzene rings is 1. The molecule has 1 aromatic carbocycles. The van der Waals surface area contributed by atoms with Crippen molar-refractivity contribution in [3.63, 3.8) is 0 Å². The van der Waals surface area contributed by atoms with Crippen molar-refractivity contribution in [2.45, 2.75) is 17.7 Å². The highest BCUT2D eigenvalue weighted by molar-refractivity contribution is 7.90. The molecule has 0 spiro atoms. The summed E-state index contributed by atoms with van der Waals surface area (Å²) in [6.45, 7) is 0. The normalized spacial score (nSPS) is 11.6. The van der Waals surface area contributed by atoms with Crippen LogP contribution < -0.4 is 5.73 Å². The largest absolute Gasteiger partial charge is 0.398 e. The lowest BCUT2D eigenvalue weighted by Crippen LogP contribution is -2.03. The van der Waals surface area contributed by atoms with Crippen LogP contribution in [0.15, 0.2) is 23.1 Å². The van der Waals surface area contributed by atoms with Gasteiger partial charge in [0.05, 0.1) is 10.6 Å². The molecule has 0 radical (unpaired) electrons. The average Bonchev–Trinajstić information content (AvgIpc) is 2.15. The van der Waals surface area contributed by atoms with Crippen LogP contribution in [0.5, 0.6) is 0 Å². The molecule has 0 saturated heterocycles. The third-order valence-electron chi connectivity index (χ3n) is 2.08. The van der Waals surface area contributed by atoms with Gasteiger partial charge in [0, 0.05) is 12.1 Å². The van der Waals surface area contributed by atoms with Gasteiger partial charge >= 0.3 is 0 Å². The van der Waals surface area contributed by atoms with Crippen molar-refractivity contribution in [2.24, 2.45) is 0 Å². The van der Waals surface area contributed by atoms with Crippen LogP contribution in [0, 0.1) is 0 Å². The fourth-order valence-corrected chi connectivity index (χ4v) is 2.32. The van der Waals surface area contributed by atoms with Gasteiger partial charge in [0.2, 0.25) is 0 Å². The van der Waals surface area contributed by atoms with E-state index in [0.29, 0.717) is 11.6 Å². The van der Waals surface area contributed by atoms with Crippen molar-refractivity contribution in [2.75, 3.05) is 17.9 Å². The first-order chi connectivity index (χ1) is 6.95. The molecular formula is C10H14ClNO2S. The molecule has 0 atom stereocenters. The maximum atomic E-state index is 11.4. The summed E-state index contributed by atoms with van der Waals surface area (Å²) in [7, 11) is -3.24. The molecule has 84 valence electrons. The molecule has 2 N–H and O–H groups in total. The summed E-state index contributed by atoms with van der Waals surface area (Å²) < 4.78 is 22.7. The Balaban J connectivity index is 3.06. The topological polar surface area (TPSA) is 60.2 Å². The number of alkyl halides is 1. The maximum absolute atomic E-state index is 11.4. The summed E-state index contributed by atoms with van der Waals surface area (Å²) >= 11 is 5.57. The van der Waals surface area contributed by atoms with Crippen molar-refractivity contribution in [3.05, 3.63) is 23.8 Å². The van der Waals surface area contributed by atoms with E-state index in [1.165, 1.54) is 0 Å². The zero-order chi connectivity index (χ0) is 11.5. The molecule has 0 aliphatic carbocycles. The maximum Gasteiger partial charge on any atom is 0.177 e. The first-order valence-corrected chi connectivity index (χ1v) is 7.02. The molecule has 0 aliphatic rings. The Morgan fingerprint density at radius 1 is 1.40 bits per heavy atom. The number of nitrogen functional groups attached to an aromatic ring is 1. The second kappa shape index (κ2) is 4.86. The smallest absolute Gasteiger partial charge is 0.177 e. The van der Waals surface area contributed by atoms with Gasteiger partial charge < -0.3 is 5.73 Å². The number of sulfone groups is 1. The first kappa shape index (κ1) is 12.3. The predicted molar refractivity (Wildman–Crippen MR) is 63.0 cm³/mol. The summed E-state index contributed by atoms with van der Waals surface area (Å²) in [6.07, 6.45) is 2.75. The van der Waals surface area contributed by atoms with Crippen LogP contribution in [0.25, 0.3) is 0 Å². The third kappa shape index (κ3) is 3.39. The highest BCUT2D eigenvalue weighted by atomic mass is 35.5. The van der Waals surface area contributed by atoms with Crippen LogP contribution in [0.3, 0.4) is 0 Å². The molecule has 15 heavy (non-hydrogen) atoms. The summed E-state index contributed by atoms with van der Waals surface area (Å²) in [5.74, 6) is 0.568. The highest BCUT2D eigenvalue weighted by Crippen LogP contribution is 2.20. The minimum Gasteiger partial charge on any atom is -0.398 e. The SMILES string of the molecule is CS(=O)(=O)c1cc(CCCCl)ccc1N. The van der Waals surface area contributed by atoms with E-state index >= 15 is 0 Å². The highest BCUT2D eigenvalue weighted by Gasteiger charge is 2.11. The molecular weight excluding hydrogens is 234 g/mol. The number of rotatable bonds is 4. The monoisotopic (exact) mass is 247 g/mol. The first-order valence-electron chi connectivity index (χ1n) is 4.59. The zero-order valence-corrected chi connectivity index (χ0v) is 10.1. The number of aryl methyl sites for hydroxylation is 1. The van der Waals surface area contributed by atoms with Gasteiger partial charge in [-0.15, -0.1) is 11.6 Å². The van der Waals surface area contributed by atoms with Gasteiger partial charge in [-0.1, -0.05) is 6.07 Å². The predicted octanol–water partition coefficient (Wildman–Crippen LogP) is 1.84. The molecule has 5 heteroatoms. The fourth-order valence-electron chi connectivity index (χ4n) is 1.33. The van der Waals surface area contributed by atoms with E-state index < -0.39 is 9.84 Å². The molecule has 1 aromatic rings. The Labute approximate surface area is 95.2 Å². The minimum absolute atomic E-state index is 0.203.